The molecule has 1 aliphatic rings. The van der Waals surface area contributed by atoms with Crippen LogP contribution in [0.5, 0.6) is 0 Å². The van der Waals surface area contributed by atoms with E-state index in [1.807, 2.05) is 25.1 Å². The Morgan fingerprint density at radius 1 is 1.21 bits per heavy atom. The molecule has 196 valence electrons. The maximum absolute atomic E-state index is 13.7. The minimum absolute atomic E-state index is 0.000662. The molecule has 0 radical (unpaired) electrons. The average molecular weight is 580 g/mol. The number of rotatable bonds is 7. The Hall–Kier alpha value is -4.06. The Labute approximate surface area is 226 Å². The van der Waals surface area contributed by atoms with E-state index in [1.165, 1.54) is 6.33 Å². The van der Waals surface area contributed by atoms with Gasteiger partial charge in [-0.2, -0.15) is 0 Å². The molecule has 11 nitrogen and oxygen atoms in total. The number of nitrogens with one attached hydrogen (secondary N) is 1. The predicted octanol–water partition coefficient (Wildman–Crippen LogP) is 3.22. The second-order valence-electron chi connectivity index (χ2n) is 9.53. The van der Waals surface area contributed by atoms with Gasteiger partial charge in [0.05, 0.1) is 10.9 Å². The van der Waals surface area contributed by atoms with E-state index in [0.717, 1.165) is 16.5 Å². The van der Waals surface area contributed by atoms with Crippen LogP contribution >= 0.6 is 15.9 Å². The zero-order valence-corrected chi connectivity index (χ0v) is 22.2. The quantitative estimate of drug-likeness (QED) is 0.282. The molecule has 2 amide bonds. The average Bonchev–Trinajstić information content (AvgIpc) is 3.41. The van der Waals surface area contributed by atoms with Crippen molar-refractivity contribution in [3.63, 3.8) is 0 Å². The molecule has 0 saturated carbocycles. The van der Waals surface area contributed by atoms with Crippen molar-refractivity contribution in [1.82, 2.24) is 24.4 Å². The van der Waals surface area contributed by atoms with Crippen molar-refractivity contribution >= 4 is 67.3 Å². The molecule has 0 unspecified atom stereocenters. The molecular formula is C26H26BrN7O4. The van der Waals surface area contributed by atoms with Gasteiger partial charge in [-0.1, -0.05) is 19.1 Å². The first kappa shape index (κ1) is 25.6. The van der Waals surface area contributed by atoms with Crippen LogP contribution < -0.4 is 11.1 Å². The van der Waals surface area contributed by atoms with Crippen molar-refractivity contribution in [3.8, 4) is 0 Å². The number of carbonyl (C=O) groups is 3. The standard InChI is InChI=1S/C26H26BrN7O4/c1-14-9-18(26(38)32-20-4-2-3-19(27)31-20)33(11-14)21(35)12-34-17-7-5-15(6-8-22(36)37)10-16(17)23-24(28)29-13-30-25(23)34/h2-5,7,10,13-14,18H,6,8-9,11-12H2,1H3,(H,36,37)(H2,28,29,30)(H,31,32,38)/t14-,18+/m1/s1. The fourth-order valence-corrected chi connectivity index (χ4v) is 5.38. The fourth-order valence-electron chi connectivity index (χ4n) is 5.04. The number of nitrogens with two attached hydrogens (primary N) is 1. The minimum Gasteiger partial charge on any atom is -0.481 e. The van der Waals surface area contributed by atoms with E-state index in [4.69, 9.17) is 10.8 Å². The number of hydrogen-bond donors (Lipinski definition) is 3. The Kier molecular flexibility index (Phi) is 6.98. The number of fused-ring (bicyclic) bond motifs is 3. The maximum atomic E-state index is 13.7. The number of pyridine rings is 1. The molecule has 0 bridgehead atoms. The van der Waals surface area contributed by atoms with E-state index in [9.17, 15) is 14.4 Å². The molecule has 0 spiro atoms. The topological polar surface area (TPSA) is 156 Å². The van der Waals surface area contributed by atoms with Gasteiger partial charge in [0.1, 0.15) is 40.8 Å². The van der Waals surface area contributed by atoms with Gasteiger partial charge in [0.2, 0.25) is 11.8 Å². The third-order valence-electron chi connectivity index (χ3n) is 6.75. The molecule has 4 aromatic rings. The molecule has 1 fully saturated rings. The highest BCUT2D eigenvalue weighted by atomic mass is 79.9. The highest BCUT2D eigenvalue weighted by Gasteiger charge is 2.38. The van der Waals surface area contributed by atoms with Gasteiger partial charge >= 0.3 is 5.97 Å². The molecule has 1 saturated heterocycles. The molecule has 3 aromatic heterocycles. The van der Waals surface area contributed by atoms with Crippen LogP contribution in [0.1, 0.15) is 25.3 Å². The largest absolute Gasteiger partial charge is 0.481 e. The number of carboxylic acids is 1. The van der Waals surface area contributed by atoms with E-state index >= 15 is 0 Å². The van der Waals surface area contributed by atoms with Gasteiger partial charge in [-0.05, 0) is 64.5 Å². The lowest BCUT2D eigenvalue weighted by atomic mass is 10.1. The number of aromatic nitrogens is 4. The van der Waals surface area contributed by atoms with Crippen LogP contribution in [0.15, 0.2) is 47.3 Å². The van der Waals surface area contributed by atoms with Crippen LogP contribution in [0.4, 0.5) is 11.6 Å². The monoisotopic (exact) mass is 579 g/mol. The molecule has 38 heavy (non-hydrogen) atoms. The van der Waals surface area contributed by atoms with Crippen LogP contribution in [-0.4, -0.2) is 59.9 Å². The number of aryl methyl sites for hydroxylation is 1. The SMILES string of the molecule is C[C@@H]1C[C@@H](C(=O)Nc2cccc(Br)n2)N(C(=O)Cn2c3ccc(CCC(=O)O)cc3c3c(N)ncnc32)C1. The summed E-state index contributed by atoms with van der Waals surface area (Å²) in [4.78, 5) is 52.3. The summed E-state index contributed by atoms with van der Waals surface area (Å²) in [7, 11) is 0. The number of anilines is 2. The number of likely N-dealkylation sites (tertiary alicyclic amines) is 1. The first-order valence-electron chi connectivity index (χ1n) is 12.2. The number of carbonyl (C=O) groups excluding carboxylic acids is 2. The fraction of sp³-hybridized carbons (Fsp3) is 0.308. The summed E-state index contributed by atoms with van der Waals surface area (Å²) in [5.74, 6) is -0.555. The first-order chi connectivity index (χ1) is 18.2. The molecule has 4 heterocycles. The summed E-state index contributed by atoms with van der Waals surface area (Å²) in [6.07, 6.45) is 2.25. The van der Waals surface area contributed by atoms with Gasteiger partial charge in [0.25, 0.3) is 0 Å². The zero-order chi connectivity index (χ0) is 27.0. The third-order valence-corrected chi connectivity index (χ3v) is 7.20. The maximum Gasteiger partial charge on any atom is 0.303 e. The van der Waals surface area contributed by atoms with Gasteiger partial charge in [0, 0.05) is 18.4 Å². The van der Waals surface area contributed by atoms with Gasteiger partial charge in [0.15, 0.2) is 0 Å². The molecule has 1 aromatic carbocycles. The Morgan fingerprint density at radius 2 is 2.03 bits per heavy atom. The molecular weight excluding hydrogens is 554 g/mol. The van der Waals surface area contributed by atoms with E-state index in [0.29, 0.717) is 40.8 Å². The molecule has 1 aliphatic heterocycles. The van der Waals surface area contributed by atoms with E-state index < -0.39 is 12.0 Å². The number of benzene rings is 1. The van der Waals surface area contributed by atoms with Gasteiger partial charge in [-0.3, -0.25) is 14.4 Å². The molecule has 12 heteroatoms. The zero-order valence-electron chi connectivity index (χ0n) is 20.6. The van der Waals surface area contributed by atoms with Gasteiger partial charge in [-0.25, -0.2) is 15.0 Å². The number of nitrogens with zero attached hydrogens (tertiary/aromatic N) is 5. The second-order valence-corrected chi connectivity index (χ2v) is 10.3. The van der Waals surface area contributed by atoms with Gasteiger partial charge in [-0.15, -0.1) is 0 Å². The number of carboxylic acid groups (broad SMARTS) is 1. The van der Waals surface area contributed by atoms with Crippen molar-refractivity contribution in [2.24, 2.45) is 5.92 Å². The number of aliphatic carboxylic acids is 1. The van der Waals surface area contributed by atoms with Gasteiger partial charge < -0.3 is 25.6 Å². The minimum atomic E-state index is -0.880. The summed E-state index contributed by atoms with van der Waals surface area (Å²) in [6, 6.07) is 10.2. The van der Waals surface area contributed by atoms with Crippen LogP contribution in [-0.2, 0) is 27.3 Å². The second kappa shape index (κ2) is 10.4. The normalized spacial score (nSPS) is 17.3. The summed E-state index contributed by atoms with van der Waals surface area (Å²) in [6.45, 7) is 2.42. The number of hydrogen-bond acceptors (Lipinski definition) is 7. The van der Waals surface area contributed by atoms with Crippen LogP contribution in [0.25, 0.3) is 21.9 Å². The number of nitrogen functional groups attached to an aromatic ring is 1. The van der Waals surface area contributed by atoms with Crippen LogP contribution in [0.3, 0.4) is 0 Å². The Balaban J connectivity index is 1.45. The predicted molar refractivity (Wildman–Crippen MR) is 145 cm³/mol. The molecule has 5 rings (SSSR count). The summed E-state index contributed by atoms with van der Waals surface area (Å²) in [5, 5.41) is 13.2. The highest BCUT2D eigenvalue weighted by molar-refractivity contribution is 9.10. The summed E-state index contributed by atoms with van der Waals surface area (Å²) in [5.41, 5.74) is 8.27. The summed E-state index contributed by atoms with van der Waals surface area (Å²) < 4.78 is 2.38. The molecule has 4 N–H and O–H groups in total. The first-order valence-corrected chi connectivity index (χ1v) is 13.0. The van der Waals surface area contributed by atoms with E-state index in [2.05, 4.69) is 36.2 Å². The van der Waals surface area contributed by atoms with Crippen molar-refractivity contribution in [3.05, 3.63) is 52.9 Å². The van der Waals surface area contributed by atoms with Crippen molar-refractivity contribution < 1.29 is 19.5 Å². The third kappa shape index (κ3) is 5.03. The van der Waals surface area contributed by atoms with Crippen LogP contribution in [0.2, 0.25) is 0 Å². The number of halogens is 1. The Bertz CT molecular complexity index is 1570. The molecule has 2 atom stereocenters. The summed E-state index contributed by atoms with van der Waals surface area (Å²) >= 11 is 3.30. The number of amides is 2. The van der Waals surface area contributed by atoms with E-state index in [-0.39, 0.29) is 36.5 Å². The van der Waals surface area contributed by atoms with E-state index in [1.54, 1.807) is 27.7 Å². The Morgan fingerprint density at radius 3 is 2.79 bits per heavy atom. The van der Waals surface area contributed by atoms with Crippen LogP contribution in [0, 0.1) is 5.92 Å². The van der Waals surface area contributed by atoms with Crippen molar-refractivity contribution in [2.75, 3.05) is 17.6 Å². The lowest BCUT2D eigenvalue weighted by Gasteiger charge is -2.24. The lowest BCUT2D eigenvalue weighted by Crippen LogP contribution is -2.44. The highest BCUT2D eigenvalue weighted by Crippen LogP contribution is 2.32. The smallest absolute Gasteiger partial charge is 0.303 e. The molecule has 0 aliphatic carbocycles. The van der Waals surface area contributed by atoms with Crippen molar-refractivity contribution in [2.45, 2.75) is 38.8 Å². The van der Waals surface area contributed by atoms with Crippen molar-refractivity contribution in [1.29, 1.82) is 0 Å². The lowest BCUT2D eigenvalue weighted by molar-refractivity contribution is -0.137.